The molecule has 3 atom stereocenters. The average molecular weight is 475 g/mol. The van der Waals surface area contributed by atoms with E-state index >= 15 is 0 Å². The van der Waals surface area contributed by atoms with E-state index in [1.54, 1.807) is 37.1 Å². The minimum absolute atomic E-state index is 0.0728. The molecule has 8 heteroatoms. The molecule has 1 N–H and O–H groups in total. The number of aliphatic hydroxyl groups is 1. The standard InChI is InChI=1S/C25H34N2O5S/c1-17-14-27(18(2)16-28)33(30,31)24-11-10-20(7-6-19-4-5-19)12-22(24)32-23(17)15-26(3)25(29)13-21-8-9-21/h10-12,17-19,21,23,28H,4-5,8-9,13-16H2,1-3H3/t17-,18+,23+/m0/s1. The molecule has 1 aliphatic heterocycles. The lowest BCUT2D eigenvalue weighted by molar-refractivity contribution is -0.131. The summed E-state index contributed by atoms with van der Waals surface area (Å²) in [7, 11) is -2.10. The average Bonchev–Trinajstić information content (AvgIpc) is 3.70. The Kier molecular flexibility index (Phi) is 7.04. The van der Waals surface area contributed by atoms with E-state index in [4.69, 9.17) is 4.74 Å². The van der Waals surface area contributed by atoms with Gasteiger partial charge in [-0.2, -0.15) is 4.31 Å². The van der Waals surface area contributed by atoms with Gasteiger partial charge in [0.05, 0.1) is 13.2 Å². The summed E-state index contributed by atoms with van der Waals surface area (Å²) in [5.74, 6) is 7.42. The number of hydrogen-bond acceptors (Lipinski definition) is 5. The van der Waals surface area contributed by atoms with Crippen molar-refractivity contribution in [2.45, 2.75) is 63.0 Å². The van der Waals surface area contributed by atoms with Gasteiger partial charge in [0, 0.05) is 43.5 Å². The molecule has 1 aromatic rings. The third-order valence-corrected chi connectivity index (χ3v) is 8.72. The van der Waals surface area contributed by atoms with E-state index < -0.39 is 22.2 Å². The van der Waals surface area contributed by atoms with E-state index in [0.717, 1.165) is 25.7 Å². The second-order valence-electron chi connectivity index (χ2n) is 9.87. The number of aliphatic hydroxyl groups excluding tert-OH is 1. The van der Waals surface area contributed by atoms with Crippen LogP contribution in [0.5, 0.6) is 5.75 Å². The molecule has 0 aromatic heterocycles. The maximum Gasteiger partial charge on any atom is 0.247 e. The SMILES string of the molecule is C[C@H](CO)N1C[C@H](C)[C@@H](CN(C)C(=O)CC2CC2)Oc2cc(C#CC3CC3)ccc2S1(=O)=O. The normalized spacial score (nSPS) is 25.5. The molecule has 1 aromatic carbocycles. The predicted molar refractivity (Wildman–Crippen MR) is 125 cm³/mol. The molecule has 1 amide bonds. The van der Waals surface area contributed by atoms with Gasteiger partial charge in [0.1, 0.15) is 16.7 Å². The topological polar surface area (TPSA) is 87.2 Å². The maximum absolute atomic E-state index is 13.5. The van der Waals surface area contributed by atoms with Crippen LogP contribution in [-0.4, -0.2) is 67.5 Å². The van der Waals surface area contributed by atoms with Gasteiger partial charge in [-0.05, 0) is 56.7 Å². The summed E-state index contributed by atoms with van der Waals surface area (Å²) in [6.45, 7) is 3.91. The fourth-order valence-corrected chi connectivity index (χ4v) is 5.86. The Bertz CT molecular complexity index is 1050. The molecular formula is C25H34N2O5S. The van der Waals surface area contributed by atoms with Crippen LogP contribution in [0.3, 0.4) is 0 Å². The zero-order valence-corrected chi connectivity index (χ0v) is 20.5. The highest BCUT2D eigenvalue weighted by Crippen LogP contribution is 2.35. The highest BCUT2D eigenvalue weighted by Gasteiger charge is 2.38. The van der Waals surface area contributed by atoms with Crippen molar-refractivity contribution in [3.63, 3.8) is 0 Å². The molecule has 3 aliphatic rings. The van der Waals surface area contributed by atoms with Crippen molar-refractivity contribution in [3.05, 3.63) is 23.8 Å². The summed E-state index contributed by atoms with van der Waals surface area (Å²) in [6, 6.07) is 4.38. The number of amides is 1. The number of benzene rings is 1. The molecule has 33 heavy (non-hydrogen) atoms. The van der Waals surface area contributed by atoms with Crippen LogP contribution >= 0.6 is 0 Å². The smallest absolute Gasteiger partial charge is 0.247 e. The summed E-state index contributed by atoms with van der Waals surface area (Å²) in [5, 5.41) is 9.75. The number of sulfonamides is 1. The lowest BCUT2D eigenvalue weighted by Crippen LogP contribution is -2.50. The molecule has 0 radical (unpaired) electrons. The lowest BCUT2D eigenvalue weighted by Gasteiger charge is -2.37. The Morgan fingerprint density at radius 2 is 2.03 bits per heavy atom. The number of hydrogen-bond donors (Lipinski definition) is 1. The van der Waals surface area contributed by atoms with E-state index in [9.17, 15) is 18.3 Å². The summed E-state index contributed by atoms with van der Waals surface area (Å²) in [4.78, 5) is 14.4. The van der Waals surface area contributed by atoms with Crippen molar-refractivity contribution in [2.24, 2.45) is 17.8 Å². The molecule has 0 unspecified atom stereocenters. The van der Waals surface area contributed by atoms with Gasteiger partial charge in [-0.3, -0.25) is 4.79 Å². The summed E-state index contributed by atoms with van der Waals surface area (Å²) < 4.78 is 34.7. The van der Waals surface area contributed by atoms with Gasteiger partial charge in [-0.25, -0.2) is 8.42 Å². The van der Waals surface area contributed by atoms with E-state index in [1.165, 1.54) is 4.31 Å². The van der Waals surface area contributed by atoms with Crippen LogP contribution in [0, 0.1) is 29.6 Å². The first-order valence-electron chi connectivity index (χ1n) is 11.9. The first kappa shape index (κ1) is 24.1. The van der Waals surface area contributed by atoms with Crippen LogP contribution < -0.4 is 4.74 Å². The van der Waals surface area contributed by atoms with E-state index in [1.807, 2.05) is 6.92 Å². The van der Waals surface area contributed by atoms with Crippen LogP contribution in [0.1, 0.15) is 51.5 Å². The fraction of sp³-hybridized carbons (Fsp3) is 0.640. The first-order chi connectivity index (χ1) is 15.7. The number of fused-ring (bicyclic) bond motifs is 1. The van der Waals surface area contributed by atoms with Gasteiger partial charge in [-0.15, -0.1) is 0 Å². The van der Waals surface area contributed by atoms with Gasteiger partial charge < -0.3 is 14.7 Å². The van der Waals surface area contributed by atoms with Gasteiger partial charge in [-0.1, -0.05) is 18.8 Å². The minimum atomic E-state index is -3.88. The Hall–Kier alpha value is -2.08. The second-order valence-corrected chi connectivity index (χ2v) is 11.7. The van der Waals surface area contributed by atoms with Gasteiger partial charge >= 0.3 is 0 Å². The van der Waals surface area contributed by atoms with Gasteiger partial charge in [0.2, 0.25) is 15.9 Å². The van der Waals surface area contributed by atoms with Crippen LogP contribution in [0.15, 0.2) is 23.1 Å². The fourth-order valence-electron chi connectivity index (χ4n) is 4.03. The van der Waals surface area contributed by atoms with Crippen LogP contribution in [0.4, 0.5) is 0 Å². The first-order valence-corrected chi connectivity index (χ1v) is 13.3. The van der Waals surface area contributed by atoms with Crippen LogP contribution in [0.2, 0.25) is 0 Å². The van der Waals surface area contributed by atoms with E-state index in [0.29, 0.717) is 30.4 Å². The van der Waals surface area contributed by atoms with Crippen molar-refractivity contribution >= 4 is 15.9 Å². The van der Waals surface area contributed by atoms with Gasteiger partial charge in [0.25, 0.3) is 0 Å². The number of carbonyl (C=O) groups excluding carboxylic acids is 1. The van der Waals surface area contributed by atoms with Crippen molar-refractivity contribution in [2.75, 3.05) is 26.7 Å². The predicted octanol–water partition coefficient (Wildman–Crippen LogP) is 2.48. The number of ether oxygens (including phenoxy) is 1. The molecular weight excluding hydrogens is 440 g/mol. The molecule has 7 nitrogen and oxygen atoms in total. The summed E-state index contributed by atoms with van der Waals surface area (Å²) >= 11 is 0. The third kappa shape index (κ3) is 5.71. The largest absolute Gasteiger partial charge is 0.487 e. The summed E-state index contributed by atoms with van der Waals surface area (Å²) in [5.41, 5.74) is 0.711. The van der Waals surface area contributed by atoms with E-state index in [-0.39, 0.29) is 35.6 Å². The quantitative estimate of drug-likeness (QED) is 0.640. The molecule has 1 heterocycles. The number of nitrogens with zero attached hydrogens (tertiary/aromatic N) is 2. The van der Waals surface area contributed by atoms with E-state index in [2.05, 4.69) is 11.8 Å². The number of carbonyl (C=O) groups is 1. The molecule has 2 fully saturated rings. The van der Waals surface area contributed by atoms with Crippen molar-refractivity contribution in [1.29, 1.82) is 0 Å². The zero-order chi connectivity index (χ0) is 23.8. The van der Waals surface area contributed by atoms with Crippen molar-refractivity contribution in [3.8, 4) is 17.6 Å². The maximum atomic E-state index is 13.5. The Morgan fingerprint density at radius 1 is 1.30 bits per heavy atom. The Morgan fingerprint density at radius 3 is 2.67 bits per heavy atom. The minimum Gasteiger partial charge on any atom is -0.487 e. The summed E-state index contributed by atoms with van der Waals surface area (Å²) in [6.07, 6.45) is 4.60. The Labute approximate surface area is 197 Å². The highest BCUT2D eigenvalue weighted by molar-refractivity contribution is 7.89. The zero-order valence-electron chi connectivity index (χ0n) is 19.7. The molecule has 0 spiro atoms. The van der Waals surface area contributed by atoms with Gasteiger partial charge in [0.15, 0.2) is 0 Å². The molecule has 2 saturated carbocycles. The van der Waals surface area contributed by atoms with Crippen molar-refractivity contribution < 1.29 is 23.1 Å². The number of likely N-dealkylation sites (N-methyl/N-ethyl adjacent to an activating group) is 1. The molecule has 180 valence electrons. The van der Waals surface area contributed by atoms with Crippen molar-refractivity contribution in [1.82, 2.24) is 9.21 Å². The van der Waals surface area contributed by atoms with Crippen LogP contribution in [0.25, 0.3) is 0 Å². The molecule has 0 bridgehead atoms. The third-order valence-electron chi connectivity index (χ3n) is 6.70. The highest BCUT2D eigenvalue weighted by atomic mass is 32.2. The lowest BCUT2D eigenvalue weighted by atomic mass is 10.0. The molecule has 0 saturated heterocycles. The monoisotopic (exact) mass is 474 g/mol. The Balaban J connectivity index is 1.67. The molecule has 2 aliphatic carbocycles. The van der Waals surface area contributed by atoms with Crippen LogP contribution in [-0.2, 0) is 14.8 Å². The molecule has 4 rings (SSSR count). The number of rotatable bonds is 6. The second kappa shape index (κ2) is 9.65.